The third-order valence-electron chi connectivity index (χ3n) is 3.68. The van der Waals surface area contributed by atoms with Crippen LogP contribution >= 0.6 is 11.3 Å². The molecule has 3 N–H and O–H groups in total. The number of hydrogen-bond donors (Lipinski definition) is 3. The molecule has 4 nitrogen and oxygen atoms in total. The molecule has 2 rings (SSSR count). The number of rotatable bonds is 5. The van der Waals surface area contributed by atoms with Gasteiger partial charge in [-0.15, -0.1) is 11.3 Å². The standard InChI is InChI=1S/C14H23N3OS/c1-10-7-11(10)8-16-13(15-3)17-9-14(2,18)12-5-4-6-19-12/h4-6,10-11,18H,7-9H2,1-3H3,(H2,15,16,17). The fraction of sp³-hybridized carbons (Fsp3) is 0.643. The van der Waals surface area contributed by atoms with Crippen LogP contribution in [0.3, 0.4) is 0 Å². The van der Waals surface area contributed by atoms with E-state index in [1.54, 1.807) is 18.4 Å². The van der Waals surface area contributed by atoms with E-state index in [1.807, 2.05) is 24.4 Å². The summed E-state index contributed by atoms with van der Waals surface area (Å²) in [5.74, 6) is 2.37. The van der Waals surface area contributed by atoms with Crippen molar-refractivity contribution in [3.05, 3.63) is 22.4 Å². The topological polar surface area (TPSA) is 56.7 Å². The van der Waals surface area contributed by atoms with Gasteiger partial charge in [-0.05, 0) is 36.6 Å². The Bertz CT molecular complexity index is 428. The molecular weight excluding hydrogens is 258 g/mol. The summed E-state index contributed by atoms with van der Waals surface area (Å²) in [5, 5.41) is 18.9. The minimum atomic E-state index is -0.862. The van der Waals surface area contributed by atoms with Gasteiger partial charge in [-0.2, -0.15) is 0 Å². The molecule has 1 heterocycles. The van der Waals surface area contributed by atoms with Crippen LogP contribution in [0, 0.1) is 11.8 Å². The lowest BCUT2D eigenvalue weighted by atomic mass is 10.1. The van der Waals surface area contributed by atoms with E-state index in [-0.39, 0.29) is 0 Å². The summed E-state index contributed by atoms with van der Waals surface area (Å²) in [6, 6.07) is 3.91. The molecular formula is C14H23N3OS. The first kappa shape index (κ1) is 14.3. The van der Waals surface area contributed by atoms with Crippen molar-refractivity contribution >= 4 is 17.3 Å². The number of nitrogens with zero attached hydrogens (tertiary/aromatic N) is 1. The van der Waals surface area contributed by atoms with Gasteiger partial charge in [0.1, 0.15) is 5.60 Å². The molecule has 3 unspecified atom stereocenters. The largest absolute Gasteiger partial charge is 0.383 e. The molecule has 0 amide bonds. The van der Waals surface area contributed by atoms with Crippen molar-refractivity contribution in [3.63, 3.8) is 0 Å². The van der Waals surface area contributed by atoms with E-state index in [0.29, 0.717) is 6.54 Å². The molecule has 3 atom stereocenters. The molecule has 1 fully saturated rings. The Labute approximate surface area is 119 Å². The van der Waals surface area contributed by atoms with Gasteiger partial charge in [-0.3, -0.25) is 4.99 Å². The molecule has 1 aliphatic rings. The van der Waals surface area contributed by atoms with Crippen LogP contribution in [-0.4, -0.2) is 31.2 Å². The highest BCUT2D eigenvalue weighted by atomic mass is 32.1. The van der Waals surface area contributed by atoms with Gasteiger partial charge in [-0.25, -0.2) is 0 Å². The Balaban J connectivity index is 1.79. The summed E-state index contributed by atoms with van der Waals surface area (Å²) < 4.78 is 0. The fourth-order valence-corrected chi connectivity index (χ4v) is 2.85. The average molecular weight is 281 g/mol. The molecule has 1 saturated carbocycles. The van der Waals surface area contributed by atoms with Crippen LogP contribution < -0.4 is 10.6 Å². The van der Waals surface area contributed by atoms with Crippen molar-refractivity contribution in [1.29, 1.82) is 0 Å². The van der Waals surface area contributed by atoms with E-state index in [0.717, 1.165) is 29.2 Å². The van der Waals surface area contributed by atoms with Crippen molar-refractivity contribution in [3.8, 4) is 0 Å². The third-order valence-corrected chi connectivity index (χ3v) is 4.81. The second-order valence-corrected chi connectivity index (χ2v) is 6.48. The quantitative estimate of drug-likeness (QED) is 0.569. The van der Waals surface area contributed by atoms with Crippen molar-refractivity contribution in [1.82, 2.24) is 10.6 Å². The predicted octanol–water partition coefficient (Wildman–Crippen LogP) is 1.78. The van der Waals surface area contributed by atoms with Crippen LogP contribution in [0.1, 0.15) is 25.1 Å². The number of hydrogen-bond acceptors (Lipinski definition) is 3. The maximum Gasteiger partial charge on any atom is 0.191 e. The highest BCUT2D eigenvalue weighted by Gasteiger charge is 2.32. The van der Waals surface area contributed by atoms with E-state index < -0.39 is 5.60 Å². The van der Waals surface area contributed by atoms with Gasteiger partial charge in [0.15, 0.2) is 5.96 Å². The fourth-order valence-electron chi connectivity index (χ4n) is 2.06. The van der Waals surface area contributed by atoms with E-state index in [2.05, 4.69) is 22.5 Å². The van der Waals surface area contributed by atoms with Gasteiger partial charge in [0.2, 0.25) is 0 Å². The van der Waals surface area contributed by atoms with E-state index in [9.17, 15) is 5.11 Å². The summed E-state index contributed by atoms with van der Waals surface area (Å²) in [6.45, 7) is 5.50. The molecule has 5 heteroatoms. The lowest BCUT2D eigenvalue weighted by molar-refractivity contribution is 0.0655. The molecule has 0 saturated heterocycles. The van der Waals surface area contributed by atoms with Gasteiger partial charge >= 0.3 is 0 Å². The van der Waals surface area contributed by atoms with Crippen molar-refractivity contribution in [2.75, 3.05) is 20.1 Å². The summed E-state index contributed by atoms with van der Waals surface area (Å²) in [7, 11) is 1.76. The third kappa shape index (κ3) is 3.94. The van der Waals surface area contributed by atoms with Crippen LogP contribution in [-0.2, 0) is 5.60 Å². The van der Waals surface area contributed by atoms with E-state index in [1.165, 1.54) is 6.42 Å². The van der Waals surface area contributed by atoms with Crippen LogP contribution in [0.4, 0.5) is 0 Å². The molecule has 1 aromatic rings. The number of nitrogens with one attached hydrogen (secondary N) is 2. The maximum atomic E-state index is 10.4. The second kappa shape index (κ2) is 5.92. The van der Waals surface area contributed by atoms with E-state index >= 15 is 0 Å². The Kier molecular flexibility index (Phi) is 4.47. The SMILES string of the molecule is CN=C(NCC1CC1C)NCC(C)(O)c1cccs1. The summed E-state index contributed by atoms with van der Waals surface area (Å²) in [5.41, 5.74) is -0.862. The predicted molar refractivity (Wildman–Crippen MR) is 80.5 cm³/mol. The minimum Gasteiger partial charge on any atom is -0.383 e. The molecule has 19 heavy (non-hydrogen) atoms. The second-order valence-electron chi connectivity index (χ2n) is 5.53. The van der Waals surface area contributed by atoms with Crippen LogP contribution in [0.25, 0.3) is 0 Å². The van der Waals surface area contributed by atoms with Gasteiger partial charge in [0, 0.05) is 18.5 Å². The molecule has 0 aliphatic heterocycles. The van der Waals surface area contributed by atoms with Gasteiger partial charge < -0.3 is 15.7 Å². The molecule has 1 aromatic heterocycles. The van der Waals surface area contributed by atoms with Gasteiger partial charge in [0.25, 0.3) is 0 Å². The van der Waals surface area contributed by atoms with Crippen molar-refractivity contribution < 1.29 is 5.11 Å². The monoisotopic (exact) mass is 281 g/mol. The molecule has 0 bridgehead atoms. The number of aliphatic imine (C=N–C) groups is 1. The Morgan fingerprint density at radius 1 is 1.58 bits per heavy atom. The number of aliphatic hydroxyl groups is 1. The minimum absolute atomic E-state index is 0.452. The summed E-state index contributed by atoms with van der Waals surface area (Å²) >= 11 is 1.57. The summed E-state index contributed by atoms with van der Waals surface area (Å²) in [4.78, 5) is 5.15. The first-order chi connectivity index (χ1) is 9.03. The lowest BCUT2D eigenvalue weighted by Crippen LogP contribution is -2.44. The maximum absolute atomic E-state index is 10.4. The number of guanidine groups is 1. The van der Waals surface area contributed by atoms with Crippen LogP contribution in [0.15, 0.2) is 22.5 Å². The molecule has 0 aromatic carbocycles. The normalized spacial score (nSPS) is 25.8. The Hall–Kier alpha value is -1.07. The smallest absolute Gasteiger partial charge is 0.191 e. The van der Waals surface area contributed by atoms with E-state index in [4.69, 9.17) is 0 Å². The first-order valence-corrected chi connectivity index (χ1v) is 7.62. The van der Waals surface area contributed by atoms with Gasteiger partial charge in [-0.1, -0.05) is 13.0 Å². The first-order valence-electron chi connectivity index (χ1n) is 6.74. The van der Waals surface area contributed by atoms with Crippen LogP contribution in [0.2, 0.25) is 0 Å². The summed E-state index contributed by atoms with van der Waals surface area (Å²) in [6.07, 6.45) is 1.30. The highest BCUT2D eigenvalue weighted by molar-refractivity contribution is 7.10. The average Bonchev–Trinajstić information content (AvgIpc) is 2.86. The van der Waals surface area contributed by atoms with Gasteiger partial charge in [0.05, 0.1) is 6.54 Å². The number of thiophene rings is 1. The molecule has 0 radical (unpaired) electrons. The molecule has 1 aliphatic carbocycles. The zero-order valence-corrected chi connectivity index (χ0v) is 12.6. The van der Waals surface area contributed by atoms with Crippen molar-refractivity contribution in [2.24, 2.45) is 16.8 Å². The highest BCUT2D eigenvalue weighted by Crippen LogP contribution is 2.36. The Morgan fingerprint density at radius 3 is 2.84 bits per heavy atom. The zero-order chi connectivity index (χ0) is 13.9. The zero-order valence-electron chi connectivity index (χ0n) is 11.8. The molecule has 106 valence electrons. The van der Waals surface area contributed by atoms with Crippen molar-refractivity contribution in [2.45, 2.75) is 25.9 Å². The molecule has 0 spiro atoms. The lowest BCUT2D eigenvalue weighted by Gasteiger charge is -2.23. The Morgan fingerprint density at radius 2 is 2.32 bits per heavy atom. The van der Waals surface area contributed by atoms with Crippen LogP contribution in [0.5, 0.6) is 0 Å².